The maximum atomic E-state index is 15.2. The number of rotatable bonds is 9. The normalized spacial score (nSPS) is 13.6. The number of aromatic nitrogens is 5. The number of aryl methyl sites for hydroxylation is 1. The van der Waals surface area contributed by atoms with Gasteiger partial charge in [0, 0.05) is 44.2 Å². The fourth-order valence-electron chi connectivity index (χ4n) is 4.18. The summed E-state index contributed by atoms with van der Waals surface area (Å²) in [6.45, 7) is 5.87. The van der Waals surface area contributed by atoms with Gasteiger partial charge in [-0.05, 0) is 18.6 Å². The molecule has 1 aromatic carbocycles. The van der Waals surface area contributed by atoms with E-state index in [1.165, 1.54) is 26.6 Å². The Morgan fingerprint density at radius 3 is 2.50 bits per heavy atom. The smallest absolute Gasteiger partial charge is 0.190 e. The average Bonchev–Trinajstić information content (AvgIpc) is 2.97. The summed E-state index contributed by atoms with van der Waals surface area (Å²) in [5.74, 6) is 1.41. The SMILES string of the molecule is COc1cc(OC)c(Cl)c(Nc2nc(C)ncc2-c2cc(Nc3ccc(CN4CCOCC4)cn3)ncn2)c1F. The van der Waals surface area contributed by atoms with Gasteiger partial charge in [-0.15, -0.1) is 0 Å². The predicted octanol–water partition coefficient (Wildman–Crippen LogP) is 4.77. The number of morpholine rings is 1. The molecule has 0 amide bonds. The van der Waals surface area contributed by atoms with Crippen molar-refractivity contribution in [1.29, 1.82) is 0 Å². The number of nitrogens with zero attached hydrogens (tertiary/aromatic N) is 6. The molecule has 208 valence electrons. The van der Waals surface area contributed by atoms with Crippen LogP contribution in [0.4, 0.5) is 27.5 Å². The molecule has 1 fully saturated rings. The Bertz CT molecular complexity index is 1460. The third kappa shape index (κ3) is 6.19. The van der Waals surface area contributed by atoms with Gasteiger partial charge in [0.2, 0.25) is 0 Å². The number of halogens is 2. The zero-order valence-corrected chi connectivity index (χ0v) is 23.0. The monoisotopic (exact) mass is 566 g/mol. The quantitative estimate of drug-likeness (QED) is 0.291. The highest BCUT2D eigenvalue weighted by molar-refractivity contribution is 6.35. The molecule has 2 N–H and O–H groups in total. The van der Waals surface area contributed by atoms with Gasteiger partial charge in [-0.2, -0.15) is 0 Å². The fraction of sp³-hybridized carbons (Fsp3) is 0.296. The second-order valence-corrected chi connectivity index (χ2v) is 9.32. The van der Waals surface area contributed by atoms with E-state index in [-0.39, 0.29) is 22.2 Å². The lowest BCUT2D eigenvalue weighted by molar-refractivity contribution is 0.0341. The van der Waals surface area contributed by atoms with Crippen molar-refractivity contribution >= 4 is 34.7 Å². The summed E-state index contributed by atoms with van der Waals surface area (Å²) in [6, 6.07) is 7.04. The van der Waals surface area contributed by atoms with Crippen molar-refractivity contribution in [1.82, 2.24) is 29.8 Å². The van der Waals surface area contributed by atoms with Crippen LogP contribution < -0.4 is 20.1 Å². The van der Waals surface area contributed by atoms with Crippen LogP contribution in [-0.2, 0) is 11.3 Å². The summed E-state index contributed by atoms with van der Waals surface area (Å²) in [7, 11) is 2.79. The molecule has 1 saturated heterocycles. The van der Waals surface area contributed by atoms with Gasteiger partial charge in [0.05, 0.1) is 38.7 Å². The van der Waals surface area contributed by atoms with E-state index in [1.807, 2.05) is 18.3 Å². The van der Waals surface area contributed by atoms with E-state index >= 15 is 4.39 Å². The summed E-state index contributed by atoms with van der Waals surface area (Å²) in [4.78, 5) is 24.4. The topological polar surface area (TPSA) is 119 Å². The second kappa shape index (κ2) is 12.4. The average molecular weight is 567 g/mol. The van der Waals surface area contributed by atoms with E-state index in [2.05, 4.69) is 40.5 Å². The summed E-state index contributed by atoms with van der Waals surface area (Å²) < 4.78 is 31.1. The van der Waals surface area contributed by atoms with Crippen LogP contribution in [-0.4, -0.2) is 70.3 Å². The maximum Gasteiger partial charge on any atom is 0.190 e. The molecular weight excluding hydrogens is 539 g/mol. The summed E-state index contributed by atoms with van der Waals surface area (Å²) >= 11 is 6.44. The van der Waals surface area contributed by atoms with Gasteiger partial charge < -0.3 is 24.8 Å². The van der Waals surface area contributed by atoms with Crippen LogP contribution in [0.3, 0.4) is 0 Å². The van der Waals surface area contributed by atoms with Crippen molar-refractivity contribution in [2.75, 3.05) is 51.2 Å². The van der Waals surface area contributed by atoms with Gasteiger partial charge in [0.15, 0.2) is 11.6 Å². The van der Waals surface area contributed by atoms with Crippen LogP contribution in [0.5, 0.6) is 11.5 Å². The minimum atomic E-state index is -0.691. The minimum Gasteiger partial charge on any atom is -0.495 e. The van der Waals surface area contributed by atoms with Crippen molar-refractivity contribution in [3.05, 3.63) is 65.2 Å². The maximum absolute atomic E-state index is 15.2. The van der Waals surface area contributed by atoms with Crippen molar-refractivity contribution in [2.24, 2.45) is 0 Å². The molecular formula is C27H28ClFN8O3. The van der Waals surface area contributed by atoms with Crippen LogP contribution >= 0.6 is 11.6 Å². The number of hydrogen-bond donors (Lipinski definition) is 2. The van der Waals surface area contributed by atoms with Crippen molar-refractivity contribution < 1.29 is 18.6 Å². The van der Waals surface area contributed by atoms with Gasteiger partial charge in [-0.1, -0.05) is 17.7 Å². The molecule has 5 rings (SSSR count). The lowest BCUT2D eigenvalue weighted by atomic mass is 10.2. The first-order chi connectivity index (χ1) is 19.4. The van der Waals surface area contributed by atoms with Crippen LogP contribution in [0.1, 0.15) is 11.4 Å². The van der Waals surface area contributed by atoms with Crippen LogP contribution in [0, 0.1) is 12.7 Å². The molecule has 0 atom stereocenters. The Kier molecular flexibility index (Phi) is 8.48. The van der Waals surface area contributed by atoms with E-state index in [4.69, 9.17) is 25.8 Å². The summed E-state index contributed by atoms with van der Waals surface area (Å²) in [5.41, 5.74) is 2.06. The Morgan fingerprint density at radius 2 is 1.77 bits per heavy atom. The molecule has 0 bridgehead atoms. The Hall–Kier alpha value is -4.13. The number of nitrogens with one attached hydrogen (secondary N) is 2. The van der Waals surface area contributed by atoms with Gasteiger partial charge in [-0.3, -0.25) is 4.90 Å². The Balaban J connectivity index is 1.39. The number of hydrogen-bond acceptors (Lipinski definition) is 11. The molecule has 0 unspecified atom stereocenters. The lowest BCUT2D eigenvalue weighted by Crippen LogP contribution is -2.35. The van der Waals surface area contributed by atoms with E-state index in [0.717, 1.165) is 38.4 Å². The minimum absolute atomic E-state index is 0.0342. The lowest BCUT2D eigenvalue weighted by Gasteiger charge is -2.26. The van der Waals surface area contributed by atoms with Crippen LogP contribution in [0.25, 0.3) is 11.3 Å². The molecule has 0 spiro atoms. The van der Waals surface area contributed by atoms with E-state index in [1.54, 1.807) is 19.2 Å². The standard InChI is InChI=1S/C27H28ClFN8O3/c1-16-30-13-18(27(34-16)36-26-24(28)20(38-2)11-21(39-3)25(26)29)19-10-23(33-15-32-19)35-22-5-4-17(12-31-22)14-37-6-8-40-9-7-37/h4-5,10-13,15H,6-9,14H2,1-3H3,(H,30,34,36)(H,31,32,33,35). The highest BCUT2D eigenvalue weighted by atomic mass is 35.5. The summed E-state index contributed by atoms with van der Waals surface area (Å²) in [6.07, 6.45) is 4.85. The zero-order valence-electron chi connectivity index (χ0n) is 22.2. The van der Waals surface area contributed by atoms with Gasteiger partial charge in [0.1, 0.15) is 46.1 Å². The highest BCUT2D eigenvalue weighted by Gasteiger charge is 2.21. The van der Waals surface area contributed by atoms with E-state index in [0.29, 0.717) is 34.5 Å². The number of anilines is 4. The third-order valence-electron chi connectivity index (χ3n) is 6.26. The number of methoxy groups -OCH3 is 2. The first-order valence-electron chi connectivity index (χ1n) is 12.5. The molecule has 11 nitrogen and oxygen atoms in total. The number of ether oxygens (including phenoxy) is 3. The molecule has 4 aromatic rings. The van der Waals surface area contributed by atoms with E-state index in [9.17, 15) is 0 Å². The van der Waals surface area contributed by atoms with Gasteiger partial charge in [0.25, 0.3) is 0 Å². The molecule has 0 radical (unpaired) electrons. The number of benzene rings is 1. The molecule has 0 saturated carbocycles. The molecule has 13 heteroatoms. The molecule has 4 heterocycles. The predicted molar refractivity (Wildman–Crippen MR) is 149 cm³/mol. The second-order valence-electron chi connectivity index (χ2n) is 8.94. The number of pyridine rings is 1. The zero-order chi connectivity index (χ0) is 28.1. The third-order valence-corrected chi connectivity index (χ3v) is 6.64. The Labute approximate surface area is 235 Å². The van der Waals surface area contributed by atoms with Crippen molar-refractivity contribution in [2.45, 2.75) is 13.5 Å². The van der Waals surface area contributed by atoms with Crippen LogP contribution in [0.2, 0.25) is 5.02 Å². The van der Waals surface area contributed by atoms with E-state index < -0.39 is 5.82 Å². The van der Waals surface area contributed by atoms with Crippen LogP contribution in [0.15, 0.2) is 43.0 Å². The largest absolute Gasteiger partial charge is 0.495 e. The Morgan fingerprint density at radius 1 is 0.975 bits per heavy atom. The first-order valence-corrected chi connectivity index (χ1v) is 12.9. The van der Waals surface area contributed by atoms with Gasteiger partial charge >= 0.3 is 0 Å². The van der Waals surface area contributed by atoms with Crippen molar-refractivity contribution in [3.8, 4) is 22.8 Å². The first kappa shape index (κ1) is 27.4. The molecule has 40 heavy (non-hydrogen) atoms. The van der Waals surface area contributed by atoms with Gasteiger partial charge in [-0.25, -0.2) is 29.3 Å². The fourth-order valence-corrected chi connectivity index (χ4v) is 4.44. The molecule has 1 aliphatic rings. The summed E-state index contributed by atoms with van der Waals surface area (Å²) in [5, 5.41) is 6.22. The highest BCUT2D eigenvalue weighted by Crippen LogP contribution is 2.42. The molecule has 1 aliphatic heterocycles. The molecule has 3 aromatic heterocycles. The van der Waals surface area contributed by atoms with Crippen molar-refractivity contribution in [3.63, 3.8) is 0 Å². The molecule has 0 aliphatic carbocycles.